The van der Waals surface area contributed by atoms with Crippen molar-refractivity contribution in [3.05, 3.63) is 53.9 Å². The Hall–Kier alpha value is -3.23. The quantitative estimate of drug-likeness (QED) is 0.537. The summed E-state index contributed by atoms with van der Waals surface area (Å²) in [6.45, 7) is 3.57. The first-order valence-corrected chi connectivity index (χ1v) is 10.2. The molecule has 3 N–H and O–H groups in total. The highest BCUT2D eigenvalue weighted by atomic mass is 16.5. The molecule has 8 heteroatoms. The number of rotatable bonds is 7. The summed E-state index contributed by atoms with van der Waals surface area (Å²) < 4.78 is 5.56. The first-order chi connectivity index (χ1) is 14.9. The summed E-state index contributed by atoms with van der Waals surface area (Å²) in [4.78, 5) is 15.7. The van der Waals surface area contributed by atoms with E-state index in [1.807, 2.05) is 45.3 Å². The number of aliphatic hydroxyl groups is 1. The number of aromatic nitrogens is 3. The Morgan fingerprint density at radius 2 is 2.06 bits per heavy atom. The van der Waals surface area contributed by atoms with Gasteiger partial charge in [0.1, 0.15) is 11.6 Å². The molecule has 0 amide bonds. The molecule has 1 aromatic carbocycles. The molecule has 0 saturated heterocycles. The van der Waals surface area contributed by atoms with Crippen molar-refractivity contribution in [3.63, 3.8) is 0 Å². The Morgan fingerprint density at radius 1 is 1.23 bits per heavy atom. The lowest BCUT2D eigenvalue weighted by molar-refractivity contribution is 0.218. The van der Waals surface area contributed by atoms with Gasteiger partial charge in [0.2, 0.25) is 5.95 Å². The third-order valence-corrected chi connectivity index (χ3v) is 5.50. The Morgan fingerprint density at radius 3 is 2.81 bits per heavy atom. The second-order valence-electron chi connectivity index (χ2n) is 8.36. The van der Waals surface area contributed by atoms with Crippen LogP contribution in [0.1, 0.15) is 18.1 Å². The molecule has 3 aromatic rings. The molecule has 0 spiro atoms. The lowest BCUT2D eigenvalue weighted by atomic mass is 9.85. The minimum atomic E-state index is -0.353. The number of fused-ring (bicyclic) bond motifs is 1. The molecule has 1 atom stereocenters. The van der Waals surface area contributed by atoms with Gasteiger partial charge >= 0.3 is 0 Å². The van der Waals surface area contributed by atoms with Crippen LogP contribution in [-0.4, -0.2) is 59.3 Å². The summed E-state index contributed by atoms with van der Waals surface area (Å²) in [5.41, 5.74) is 4.23. The van der Waals surface area contributed by atoms with Gasteiger partial charge in [0.25, 0.3) is 0 Å². The topological polar surface area (TPSA) is 95.4 Å². The zero-order valence-electron chi connectivity index (χ0n) is 18.3. The number of anilines is 3. The summed E-state index contributed by atoms with van der Waals surface area (Å²) in [5.74, 6) is 2.02. The smallest absolute Gasteiger partial charge is 0.227 e. The highest BCUT2D eigenvalue weighted by molar-refractivity contribution is 5.68. The summed E-state index contributed by atoms with van der Waals surface area (Å²) in [6, 6.07) is 9.94. The number of hydrogen-bond acceptors (Lipinski definition) is 8. The highest BCUT2D eigenvalue weighted by Gasteiger charge is 2.35. The van der Waals surface area contributed by atoms with Gasteiger partial charge in [-0.25, -0.2) is 15.0 Å². The van der Waals surface area contributed by atoms with Gasteiger partial charge < -0.3 is 25.4 Å². The maximum Gasteiger partial charge on any atom is 0.227 e. The Labute approximate surface area is 182 Å². The van der Waals surface area contributed by atoms with E-state index in [-0.39, 0.29) is 12.0 Å². The zero-order chi connectivity index (χ0) is 22.0. The molecule has 4 rings (SSSR count). The monoisotopic (exact) mass is 420 g/mol. The van der Waals surface area contributed by atoms with E-state index in [0.717, 1.165) is 46.2 Å². The van der Waals surface area contributed by atoms with Crippen LogP contribution in [0.25, 0.3) is 11.3 Å². The Balaban J connectivity index is 1.61. The minimum Gasteiger partial charge on any atom is -0.495 e. The minimum absolute atomic E-state index is 0.0539. The van der Waals surface area contributed by atoms with Crippen molar-refractivity contribution >= 4 is 17.5 Å². The molecule has 1 unspecified atom stereocenters. The fourth-order valence-corrected chi connectivity index (χ4v) is 3.72. The first kappa shape index (κ1) is 21.0. The SMILES string of the molecule is COc1cc(CN(C)C)ccc1Nc1nccc(-c2cnc3c(c2)C(C)(CO)CN3)n1. The Kier molecular flexibility index (Phi) is 5.75. The molecule has 3 heterocycles. The zero-order valence-corrected chi connectivity index (χ0v) is 18.3. The second-order valence-corrected chi connectivity index (χ2v) is 8.36. The summed E-state index contributed by atoms with van der Waals surface area (Å²) in [7, 11) is 5.72. The van der Waals surface area contributed by atoms with E-state index in [4.69, 9.17) is 4.74 Å². The standard InChI is InChI=1S/C23H28N6O2/c1-23(14-30)13-26-21-17(23)10-16(11-25-21)18-7-8-24-22(27-18)28-19-6-5-15(12-29(2)3)9-20(19)31-4/h5-11,30H,12-14H2,1-4H3,(H,25,26)(H,24,27,28). The molecule has 0 radical (unpaired) electrons. The predicted molar refractivity (Wildman–Crippen MR) is 122 cm³/mol. The van der Waals surface area contributed by atoms with Crippen LogP contribution in [-0.2, 0) is 12.0 Å². The van der Waals surface area contributed by atoms with Crippen molar-refractivity contribution in [2.45, 2.75) is 18.9 Å². The van der Waals surface area contributed by atoms with Crippen molar-refractivity contribution in [3.8, 4) is 17.0 Å². The maximum atomic E-state index is 9.84. The number of nitrogens with zero attached hydrogens (tertiary/aromatic N) is 4. The van der Waals surface area contributed by atoms with Gasteiger partial charge in [-0.15, -0.1) is 0 Å². The van der Waals surface area contributed by atoms with Crippen molar-refractivity contribution in [1.29, 1.82) is 0 Å². The lowest BCUT2D eigenvalue weighted by Crippen LogP contribution is -2.28. The third-order valence-electron chi connectivity index (χ3n) is 5.50. The number of pyridine rings is 1. The fraction of sp³-hybridized carbons (Fsp3) is 0.348. The van der Waals surface area contributed by atoms with Gasteiger partial charge in [-0.3, -0.25) is 0 Å². The van der Waals surface area contributed by atoms with Gasteiger partial charge in [0.15, 0.2) is 0 Å². The molecule has 0 bridgehead atoms. The van der Waals surface area contributed by atoms with Gasteiger partial charge in [-0.2, -0.15) is 0 Å². The van der Waals surface area contributed by atoms with Gasteiger partial charge in [-0.05, 0) is 43.9 Å². The van der Waals surface area contributed by atoms with E-state index in [0.29, 0.717) is 12.5 Å². The maximum absolute atomic E-state index is 9.84. The first-order valence-electron chi connectivity index (χ1n) is 10.2. The van der Waals surface area contributed by atoms with Crippen LogP contribution in [0.4, 0.5) is 17.5 Å². The number of methoxy groups -OCH3 is 1. The molecule has 2 aromatic heterocycles. The van der Waals surface area contributed by atoms with E-state index in [9.17, 15) is 5.11 Å². The fourth-order valence-electron chi connectivity index (χ4n) is 3.72. The molecular formula is C23H28N6O2. The van der Waals surface area contributed by atoms with E-state index < -0.39 is 0 Å². The number of benzene rings is 1. The van der Waals surface area contributed by atoms with Gasteiger partial charge in [0.05, 0.1) is 25.1 Å². The largest absolute Gasteiger partial charge is 0.495 e. The van der Waals surface area contributed by atoms with Crippen LogP contribution >= 0.6 is 0 Å². The van der Waals surface area contributed by atoms with Crippen molar-refractivity contribution in [2.75, 3.05) is 45.0 Å². The van der Waals surface area contributed by atoms with Gasteiger partial charge in [0, 0.05) is 42.0 Å². The van der Waals surface area contributed by atoms with Gasteiger partial charge in [-0.1, -0.05) is 13.0 Å². The molecule has 162 valence electrons. The van der Waals surface area contributed by atoms with E-state index in [1.165, 1.54) is 0 Å². The number of hydrogen-bond donors (Lipinski definition) is 3. The van der Waals surface area contributed by atoms with Crippen molar-refractivity contribution < 1.29 is 9.84 Å². The van der Waals surface area contributed by atoms with Crippen LogP contribution in [0, 0.1) is 0 Å². The molecule has 31 heavy (non-hydrogen) atoms. The predicted octanol–water partition coefficient (Wildman–Crippen LogP) is 3.03. The molecule has 0 saturated carbocycles. The third kappa shape index (κ3) is 4.30. The molecule has 1 aliphatic heterocycles. The molecule has 0 aliphatic carbocycles. The second kappa shape index (κ2) is 8.49. The van der Waals surface area contributed by atoms with Crippen molar-refractivity contribution in [2.24, 2.45) is 0 Å². The molecule has 8 nitrogen and oxygen atoms in total. The van der Waals surface area contributed by atoms with E-state index in [2.05, 4.69) is 36.6 Å². The van der Waals surface area contributed by atoms with Crippen LogP contribution < -0.4 is 15.4 Å². The average molecular weight is 421 g/mol. The highest BCUT2D eigenvalue weighted by Crippen LogP contribution is 2.37. The number of aliphatic hydroxyl groups excluding tert-OH is 1. The lowest BCUT2D eigenvalue weighted by Gasteiger charge is -2.20. The Bertz CT molecular complexity index is 1090. The molecular weight excluding hydrogens is 392 g/mol. The number of ether oxygens (including phenoxy) is 1. The van der Waals surface area contributed by atoms with Crippen LogP contribution in [0.15, 0.2) is 42.7 Å². The van der Waals surface area contributed by atoms with Crippen molar-refractivity contribution in [1.82, 2.24) is 19.9 Å². The summed E-state index contributed by atoms with van der Waals surface area (Å²) in [5, 5.41) is 16.4. The average Bonchev–Trinajstić information content (AvgIpc) is 3.11. The van der Waals surface area contributed by atoms with Crippen LogP contribution in [0.5, 0.6) is 5.75 Å². The summed E-state index contributed by atoms with van der Waals surface area (Å²) in [6.07, 6.45) is 3.51. The van der Waals surface area contributed by atoms with E-state index >= 15 is 0 Å². The molecule has 0 fully saturated rings. The molecule has 1 aliphatic rings. The van der Waals surface area contributed by atoms with E-state index in [1.54, 1.807) is 19.5 Å². The van der Waals surface area contributed by atoms with Crippen LogP contribution in [0.2, 0.25) is 0 Å². The normalized spacial score (nSPS) is 17.4. The summed E-state index contributed by atoms with van der Waals surface area (Å²) >= 11 is 0. The van der Waals surface area contributed by atoms with Crippen LogP contribution in [0.3, 0.4) is 0 Å². The number of nitrogens with one attached hydrogen (secondary N) is 2.